The van der Waals surface area contributed by atoms with Crippen LogP contribution in [0.5, 0.6) is 0 Å². The Morgan fingerprint density at radius 1 is 1.33 bits per heavy atom. The zero-order valence-electron chi connectivity index (χ0n) is 15.0. The van der Waals surface area contributed by atoms with E-state index < -0.39 is 11.7 Å². The lowest BCUT2D eigenvalue weighted by Crippen LogP contribution is -2.41. The van der Waals surface area contributed by atoms with Gasteiger partial charge in [0.1, 0.15) is 17.2 Å². The van der Waals surface area contributed by atoms with E-state index in [1.54, 1.807) is 0 Å². The van der Waals surface area contributed by atoms with E-state index >= 15 is 0 Å². The second-order valence-corrected chi connectivity index (χ2v) is 8.49. The average Bonchev–Trinajstić information content (AvgIpc) is 3.21. The number of nitrogens with one attached hydrogen (secondary N) is 1. The first-order chi connectivity index (χ1) is 11.1. The second-order valence-electron chi connectivity index (χ2n) is 7.20. The number of amides is 1. The third-order valence-corrected chi connectivity index (χ3v) is 4.76. The molecule has 134 valence electrons. The fourth-order valence-corrected chi connectivity index (χ4v) is 3.12. The zero-order chi connectivity index (χ0) is 17.9. The number of hydrogen-bond donors (Lipinski definition) is 1. The lowest BCUT2D eigenvalue weighted by Gasteiger charge is -2.23. The Hall–Kier alpha value is -1.63. The molecule has 0 aromatic carbocycles. The molecule has 1 heterocycles. The number of aryl methyl sites for hydroxylation is 2. The van der Waals surface area contributed by atoms with Crippen molar-refractivity contribution < 1.29 is 19.1 Å². The van der Waals surface area contributed by atoms with Gasteiger partial charge in [-0.25, -0.2) is 9.78 Å². The highest BCUT2D eigenvalue weighted by Gasteiger charge is 2.35. The molecule has 7 heteroatoms. The van der Waals surface area contributed by atoms with Crippen molar-refractivity contribution in [1.82, 2.24) is 10.3 Å². The Kier molecular flexibility index (Phi) is 5.85. The number of nitrogens with zero attached hydrogens (tertiary/aromatic N) is 1. The van der Waals surface area contributed by atoms with Crippen molar-refractivity contribution in [2.45, 2.75) is 72.1 Å². The van der Waals surface area contributed by atoms with Gasteiger partial charge in [-0.2, -0.15) is 0 Å². The molecule has 0 spiro atoms. The van der Waals surface area contributed by atoms with Gasteiger partial charge in [0.05, 0.1) is 12.1 Å². The summed E-state index contributed by atoms with van der Waals surface area (Å²) in [5.41, 5.74) is 0.410. The molecule has 24 heavy (non-hydrogen) atoms. The minimum Gasteiger partial charge on any atom is -0.458 e. The van der Waals surface area contributed by atoms with Gasteiger partial charge in [0.25, 0.3) is 0 Å². The number of carbonyl (C=O) groups excluding carboxylic acids is 2. The summed E-state index contributed by atoms with van der Waals surface area (Å²) in [6.45, 7) is 9.54. The van der Waals surface area contributed by atoms with Gasteiger partial charge < -0.3 is 14.8 Å². The van der Waals surface area contributed by atoms with Crippen LogP contribution in [-0.4, -0.2) is 28.7 Å². The molecule has 1 amide bonds. The SMILES string of the molecule is Cc1nc(COC(=O)C[C@H](NC(=O)OC(C)(C)C)C2CC2)sc1C. The van der Waals surface area contributed by atoms with Crippen LogP contribution in [0.1, 0.15) is 55.6 Å². The van der Waals surface area contributed by atoms with Gasteiger partial charge in [-0.3, -0.25) is 4.79 Å². The Morgan fingerprint density at radius 2 is 2.00 bits per heavy atom. The van der Waals surface area contributed by atoms with Crippen LogP contribution in [-0.2, 0) is 20.9 Å². The van der Waals surface area contributed by atoms with Crippen LogP contribution in [0.2, 0.25) is 0 Å². The van der Waals surface area contributed by atoms with E-state index in [-0.39, 0.29) is 25.0 Å². The molecule has 1 aliphatic carbocycles. The lowest BCUT2D eigenvalue weighted by atomic mass is 10.1. The Morgan fingerprint density at radius 3 is 2.50 bits per heavy atom. The summed E-state index contributed by atoms with van der Waals surface area (Å²) < 4.78 is 10.6. The van der Waals surface area contributed by atoms with E-state index in [0.29, 0.717) is 5.92 Å². The number of esters is 1. The van der Waals surface area contributed by atoms with Crippen LogP contribution in [0.25, 0.3) is 0 Å². The van der Waals surface area contributed by atoms with E-state index in [1.807, 2.05) is 34.6 Å². The van der Waals surface area contributed by atoms with E-state index in [2.05, 4.69) is 10.3 Å². The summed E-state index contributed by atoms with van der Waals surface area (Å²) in [6, 6.07) is -0.230. The molecule has 0 aliphatic heterocycles. The predicted molar refractivity (Wildman–Crippen MR) is 91.9 cm³/mol. The maximum Gasteiger partial charge on any atom is 0.407 e. The summed E-state index contributed by atoms with van der Waals surface area (Å²) >= 11 is 1.53. The Bertz CT molecular complexity index is 583. The number of aromatic nitrogens is 1. The number of alkyl carbamates (subject to hydrolysis) is 1. The number of ether oxygens (including phenoxy) is 2. The van der Waals surface area contributed by atoms with Gasteiger partial charge >= 0.3 is 12.1 Å². The molecule has 6 nitrogen and oxygen atoms in total. The smallest absolute Gasteiger partial charge is 0.407 e. The van der Waals surface area contributed by atoms with Crippen molar-refractivity contribution in [1.29, 1.82) is 0 Å². The number of hydrogen-bond acceptors (Lipinski definition) is 6. The van der Waals surface area contributed by atoms with Gasteiger partial charge in [-0.15, -0.1) is 11.3 Å². The number of rotatable bonds is 6. The molecule has 1 fully saturated rings. The minimum absolute atomic E-state index is 0.160. The molecule has 0 saturated heterocycles. The fourth-order valence-electron chi connectivity index (χ4n) is 2.27. The van der Waals surface area contributed by atoms with Crippen molar-refractivity contribution in [3.8, 4) is 0 Å². The summed E-state index contributed by atoms with van der Waals surface area (Å²) in [5, 5.41) is 3.60. The van der Waals surface area contributed by atoms with Gasteiger partial charge in [-0.05, 0) is 53.4 Å². The number of carbonyl (C=O) groups is 2. The van der Waals surface area contributed by atoms with Gasteiger partial charge in [0, 0.05) is 10.9 Å². The molecule has 0 bridgehead atoms. The molecule has 2 rings (SSSR count). The third kappa shape index (κ3) is 6.11. The second kappa shape index (κ2) is 7.51. The molecule has 0 unspecified atom stereocenters. The molecular formula is C17H26N2O4S. The van der Waals surface area contributed by atoms with Crippen LogP contribution in [0.4, 0.5) is 4.79 Å². The van der Waals surface area contributed by atoms with Crippen LogP contribution in [0, 0.1) is 19.8 Å². The van der Waals surface area contributed by atoms with Crippen LogP contribution >= 0.6 is 11.3 Å². The van der Waals surface area contributed by atoms with E-state index in [1.165, 1.54) is 11.3 Å². The first kappa shape index (κ1) is 18.7. The van der Waals surface area contributed by atoms with Crippen LogP contribution in [0.15, 0.2) is 0 Å². The highest BCUT2D eigenvalue weighted by Crippen LogP contribution is 2.34. The summed E-state index contributed by atoms with van der Waals surface area (Å²) in [4.78, 5) is 29.5. The van der Waals surface area contributed by atoms with Gasteiger partial charge in [-0.1, -0.05) is 0 Å². The zero-order valence-corrected chi connectivity index (χ0v) is 15.8. The van der Waals surface area contributed by atoms with Crippen molar-refractivity contribution in [3.63, 3.8) is 0 Å². The van der Waals surface area contributed by atoms with E-state index in [9.17, 15) is 9.59 Å². The highest BCUT2D eigenvalue weighted by atomic mass is 32.1. The molecule has 1 N–H and O–H groups in total. The van der Waals surface area contributed by atoms with Gasteiger partial charge in [0.15, 0.2) is 0 Å². The fraction of sp³-hybridized carbons (Fsp3) is 0.706. The normalized spacial score (nSPS) is 15.7. The Balaban J connectivity index is 1.81. The Labute approximate surface area is 146 Å². The highest BCUT2D eigenvalue weighted by molar-refractivity contribution is 7.11. The monoisotopic (exact) mass is 354 g/mol. The van der Waals surface area contributed by atoms with Crippen molar-refractivity contribution >= 4 is 23.4 Å². The standard InChI is InChI=1S/C17H26N2O4S/c1-10-11(2)24-14(18-10)9-22-15(20)8-13(12-6-7-12)19-16(21)23-17(3,4)5/h12-13H,6-9H2,1-5H3,(H,19,21)/t13-/m0/s1. The molecule has 1 aromatic heterocycles. The average molecular weight is 354 g/mol. The quantitative estimate of drug-likeness (QED) is 0.791. The van der Waals surface area contributed by atoms with E-state index in [4.69, 9.17) is 9.47 Å². The maximum atomic E-state index is 12.1. The molecule has 1 saturated carbocycles. The molecule has 0 radical (unpaired) electrons. The topological polar surface area (TPSA) is 77.5 Å². The molecule has 1 atom stereocenters. The van der Waals surface area contributed by atoms with Crippen molar-refractivity contribution in [3.05, 3.63) is 15.6 Å². The molecular weight excluding hydrogens is 328 g/mol. The molecule has 1 aliphatic rings. The summed E-state index contributed by atoms with van der Waals surface area (Å²) in [6.07, 6.45) is 1.70. The van der Waals surface area contributed by atoms with Crippen molar-refractivity contribution in [2.75, 3.05) is 0 Å². The van der Waals surface area contributed by atoms with Crippen LogP contribution in [0.3, 0.4) is 0 Å². The lowest BCUT2D eigenvalue weighted by molar-refractivity contribution is -0.145. The van der Waals surface area contributed by atoms with Crippen molar-refractivity contribution in [2.24, 2.45) is 5.92 Å². The largest absolute Gasteiger partial charge is 0.458 e. The predicted octanol–water partition coefficient (Wildman–Crippen LogP) is 3.50. The third-order valence-electron chi connectivity index (χ3n) is 3.71. The summed E-state index contributed by atoms with van der Waals surface area (Å²) in [7, 11) is 0. The first-order valence-corrected chi connectivity index (χ1v) is 9.04. The number of thiazole rings is 1. The van der Waals surface area contributed by atoms with Gasteiger partial charge in [0.2, 0.25) is 0 Å². The first-order valence-electron chi connectivity index (χ1n) is 8.22. The maximum absolute atomic E-state index is 12.1. The molecule has 1 aromatic rings. The van der Waals surface area contributed by atoms with Crippen LogP contribution < -0.4 is 5.32 Å². The minimum atomic E-state index is -0.556. The van der Waals surface area contributed by atoms with E-state index in [0.717, 1.165) is 28.4 Å². The summed E-state index contributed by atoms with van der Waals surface area (Å²) in [5.74, 6) is 0.00267.